The Morgan fingerprint density at radius 1 is 1.33 bits per heavy atom. The molecule has 2 fully saturated rings. The van der Waals surface area contributed by atoms with E-state index >= 15 is 0 Å². The van der Waals surface area contributed by atoms with Crippen molar-refractivity contribution in [3.63, 3.8) is 0 Å². The number of aliphatic hydroxyl groups excluding tert-OH is 1. The third-order valence-electron chi connectivity index (χ3n) is 6.46. The van der Waals surface area contributed by atoms with Crippen LogP contribution in [0.25, 0.3) is 0 Å². The number of carbonyl (C=O) groups is 2. The molecule has 30 heavy (non-hydrogen) atoms. The Bertz CT molecular complexity index is 791. The van der Waals surface area contributed by atoms with Crippen LogP contribution >= 0.6 is 0 Å². The van der Waals surface area contributed by atoms with Crippen LogP contribution in [0.1, 0.15) is 75.9 Å². The van der Waals surface area contributed by atoms with Gasteiger partial charge in [0.15, 0.2) is 0 Å². The molecule has 4 atom stereocenters. The van der Waals surface area contributed by atoms with Gasteiger partial charge in [0.2, 0.25) is 0 Å². The van der Waals surface area contributed by atoms with Gasteiger partial charge in [0.25, 0.3) is 5.91 Å². The van der Waals surface area contributed by atoms with E-state index in [-0.39, 0.29) is 24.1 Å². The molecular formula is C23H35N3O4. The van der Waals surface area contributed by atoms with Crippen LogP contribution in [-0.4, -0.2) is 57.3 Å². The maximum Gasteiger partial charge on any atom is 0.410 e. The van der Waals surface area contributed by atoms with Gasteiger partial charge in [-0.3, -0.25) is 14.7 Å². The fourth-order valence-corrected chi connectivity index (χ4v) is 4.93. The van der Waals surface area contributed by atoms with Gasteiger partial charge in [0, 0.05) is 24.2 Å². The number of likely N-dealkylation sites (tertiary alicyclic amines) is 1. The van der Waals surface area contributed by atoms with E-state index in [0.717, 1.165) is 31.2 Å². The normalized spacial score (nSPS) is 29.1. The average molecular weight is 418 g/mol. The lowest BCUT2D eigenvalue weighted by atomic mass is 9.75. The molecule has 3 rings (SSSR count). The summed E-state index contributed by atoms with van der Waals surface area (Å²) in [5.41, 5.74) is 0.167. The highest BCUT2D eigenvalue weighted by atomic mass is 16.6. The summed E-state index contributed by atoms with van der Waals surface area (Å²) >= 11 is 0. The number of ether oxygens (including phenoxy) is 1. The number of aryl methyl sites for hydroxylation is 1. The minimum atomic E-state index is -0.613. The monoisotopic (exact) mass is 417 g/mol. The van der Waals surface area contributed by atoms with Gasteiger partial charge in [-0.05, 0) is 58.6 Å². The minimum absolute atomic E-state index is 0.108. The molecule has 2 amide bonds. The van der Waals surface area contributed by atoms with Gasteiger partial charge >= 0.3 is 6.09 Å². The smallest absolute Gasteiger partial charge is 0.410 e. The summed E-state index contributed by atoms with van der Waals surface area (Å²) < 4.78 is 5.71. The van der Waals surface area contributed by atoms with Crippen molar-refractivity contribution in [2.75, 3.05) is 6.54 Å². The van der Waals surface area contributed by atoms with Gasteiger partial charge in [0.05, 0.1) is 12.1 Å². The van der Waals surface area contributed by atoms with E-state index in [4.69, 9.17) is 4.74 Å². The Morgan fingerprint density at radius 3 is 2.70 bits per heavy atom. The molecule has 7 heteroatoms. The quantitative estimate of drug-likeness (QED) is 0.786. The first-order chi connectivity index (χ1) is 14.0. The highest BCUT2D eigenvalue weighted by Gasteiger charge is 2.55. The lowest BCUT2D eigenvalue weighted by Gasteiger charge is -2.37. The van der Waals surface area contributed by atoms with Crippen molar-refractivity contribution in [3.8, 4) is 0 Å². The number of nitrogens with zero attached hydrogens (tertiary/aromatic N) is 2. The Kier molecular flexibility index (Phi) is 6.41. The Labute approximate surface area is 179 Å². The number of nitrogens with one attached hydrogen (secondary N) is 1. The summed E-state index contributed by atoms with van der Waals surface area (Å²) in [5.74, 6) is -0.255. The van der Waals surface area contributed by atoms with Gasteiger partial charge in [0.1, 0.15) is 11.3 Å². The Hall–Kier alpha value is -2.15. The molecule has 1 aromatic rings. The molecule has 1 aromatic heterocycles. The fourth-order valence-electron chi connectivity index (χ4n) is 4.93. The summed E-state index contributed by atoms with van der Waals surface area (Å²) in [6, 6.07) is 3.29. The molecule has 7 nitrogen and oxygen atoms in total. The van der Waals surface area contributed by atoms with E-state index < -0.39 is 17.1 Å². The first kappa shape index (κ1) is 22.5. The number of fused-ring (bicyclic) bond motifs is 1. The zero-order valence-corrected chi connectivity index (χ0v) is 18.8. The van der Waals surface area contributed by atoms with Crippen molar-refractivity contribution >= 4 is 12.0 Å². The van der Waals surface area contributed by atoms with Gasteiger partial charge < -0.3 is 15.2 Å². The highest BCUT2D eigenvalue weighted by molar-refractivity contribution is 5.93. The average Bonchev–Trinajstić information content (AvgIpc) is 2.87. The van der Waals surface area contributed by atoms with Crippen molar-refractivity contribution in [3.05, 3.63) is 29.6 Å². The first-order valence-electron chi connectivity index (χ1n) is 10.9. The SMILES string of the molecule is Cc1cccnc1C(=O)NC[C@H]1C[C@@]2(C)[C@@H](O)CCCC[C@H]2N1C(=O)OC(C)(C)C. The van der Waals surface area contributed by atoms with Gasteiger partial charge in [-0.2, -0.15) is 0 Å². The van der Waals surface area contributed by atoms with E-state index in [1.54, 1.807) is 17.2 Å². The summed E-state index contributed by atoms with van der Waals surface area (Å²) in [6.07, 6.45) is 4.85. The number of aliphatic hydroxyl groups is 1. The molecule has 1 aliphatic carbocycles. The van der Waals surface area contributed by atoms with Gasteiger partial charge in [-0.15, -0.1) is 0 Å². The largest absolute Gasteiger partial charge is 0.444 e. The molecule has 0 unspecified atom stereocenters. The van der Waals surface area contributed by atoms with E-state index in [9.17, 15) is 14.7 Å². The molecule has 2 aliphatic rings. The number of hydrogen-bond acceptors (Lipinski definition) is 5. The summed E-state index contributed by atoms with van der Waals surface area (Å²) in [6.45, 7) is 9.76. The number of pyridine rings is 1. The lowest BCUT2D eigenvalue weighted by molar-refractivity contribution is -0.00901. The molecule has 0 bridgehead atoms. The van der Waals surface area contributed by atoms with E-state index in [0.29, 0.717) is 18.7 Å². The lowest BCUT2D eigenvalue weighted by Crippen LogP contribution is -2.50. The van der Waals surface area contributed by atoms with Crippen molar-refractivity contribution in [2.45, 2.75) is 90.5 Å². The van der Waals surface area contributed by atoms with Crippen LogP contribution in [0.3, 0.4) is 0 Å². The third kappa shape index (κ3) is 4.61. The molecule has 2 heterocycles. The molecule has 0 aromatic carbocycles. The molecular weight excluding hydrogens is 382 g/mol. The standard InChI is InChI=1S/C23H35N3O4/c1-15-9-8-12-24-19(15)20(28)25-14-16-13-23(5)17(10-6-7-11-18(23)27)26(16)21(29)30-22(2,3)4/h8-9,12,16-18,27H,6-7,10-11,13-14H2,1-5H3,(H,25,28)/t16-,17-,18+,23-/m1/s1. The van der Waals surface area contributed by atoms with E-state index in [1.165, 1.54) is 0 Å². The van der Waals surface area contributed by atoms with Crippen molar-refractivity contribution < 1.29 is 19.4 Å². The molecule has 0 spiro atoms. The number of carbonyl (C=O) groups excluding carboxylic acids is 2. The van der Waals surface area contributed by atoms with Gasteiger partial charge in [-0.1, -0.05) is 25.8 Å². The first-order valence-corrected chi connectivity index (χ1v) is 10.9. The van der Waals surface area contributed by atoms with Crippen LogP contribution in [-0.2, 0) is 4.74 Å². The zero-order valence-electron chi connectivity index (χ0n) is 18.8. The topological polar surface area (TPSA) is 91.8 Å². The number of rotatable bonds is 3. The molecule has 166 valence electrons. The Morgan fingerprint density at radius 2 is 2.03 bits per heavy atom. The molecule has 2 N–H and O–H groups in total. The maximum atomic E-state index is 13.2. The molecule has 1 saturated heterocycles. The third-order valence-corrected chi connectivity index (χ3v) is 6.46. The number of hydrogen-bond donors (Lipinski definition) is 2. The van der Waals surface area contributed by atoms with Crippen LogP contribution in [0.15, 0.2) is 18.3 Å². The fraction of sp³-hybridized carbons (Fsp3) is 0.696. The molecule has 1 aliphatic heterocycles. The number of aromatic nitrogens is 1. The minimum Gasteiger partial charge on any atom is -0.444 e. The van der Waals surface area contributed by atoms with Crippen molar-refractivity contribution in [1.29, 1.82) is 0 Å². The van der Waals surface area contributed by atoms with Crippen LogP contribution in [0.5, 0.6) is 0 Å². The van der Waals surface area contributed by atoms with E-state index in [1.807, 2.05) is 33.8 Å². The van der Waals surface area contributed by atoms with Crippen LogP contribution < -0.4 is 5.32 Å². The molecule has 0 radical (unpaired) electrons. The Balaban J connectivity index is 1.82. The van der Waals surface area contributed by atoms with E-state index in [2.05, 4.69) is 17.2 Å². The predicted molar refractivity (Wildman–Crippen MR) is 114 cm³/mol. The number of amides is 2. The van der Waals surface area contributed by atoms with Crippen molar-refractivity contribution in [2.24, 2.45) is 5.41 Å². The van der Waals surface area contributed by atoms with Crippen LogP contribution in [0.2, 0.25) is 0 Å². The predicted octanol–water partition coefficient (Wildman–Crippen LogP) is 3.44. The van der Waals surface area contributed by atoms with Crippen LogP contribution in [0, 0.1) is 12.3 Å². The molecule has 1 saturated carbocycles. The maximum absolute atomic E-state index is 13.2. The summed E-state index contributed by atoms with van der Waals surface area (Å²) in [7, 11) is 0. The second-order valence-electron chi connectivity index (χ2n) is 9.95. The second-order valence-corrected chi connectivity index (χ2v) is 9.95. The zero-order chi connectivity index (χ0) is 22.1. The van der Waals surface area contributed by atoms with Crippen LogP contribution in [0.4, 0.5) is 4.79 Å². The summed E-state index contributed by atoms with van der Waals surface area (Å²) in [5, 5.41) is 13.8. The van der Waals surface area contributed by atoms with Gasteiger partial charge in [-0.25, -0.2) is 4.79 Å². The van der Waals surface area contributed by atoms with Crippen molar-refractivity contribution in [1.82, 2.24) is 15.2 Å². The second kappa shape index (κ2) is 8.53. The summed E-state index contributed by atoms with van der Waals surface area (Å²) in [4.78, 5) is 31.8. The highest BCUT2D eigenvalue weighted by Crippen LogP contribution is 2.48.